The van der Waals surface area contributed by atoms with E-state index in [1.54, 1.807) is 6.20 Å². The Bertz CT molecular complexity index is 1080. The number of hydrogen-bond donors (Lipinski definition) is 2. The molecule has 2 heterocycles. The number of carbonyl (C=O) groups is 1. The Morgan fingerprint density at radius 1 is 1.14 bits per heavy atom. The third-order valence-corrected chi connectivity index (χ3v) is 4.59. The number of hydrogen-bond acceptors (Lipinski definition) is 4. The zero-order chi connectivity index (χ0) is 19.5. The fourth-order valence-electron chi connectivity index (χ4n) is 3.26. The lowest BCUT2D eigenvalue weighted by molar-refractivity contribution is 0.102. The third kappa shape index (κ3) is 3.65. The van der Waals surface area contributed by atoms with Gasteiger partial charge in [-0.3, -0.25) is 14.6 Å². The molecular weight excluding hydrogens is 352 g/mol. The molecule has 142 valence electrons. The fraction of sp³-hybridized carbons (Fsp3) is 0.190. The molecule has 2 aromatic carbocycles. The molecule has 0 radical (unpaired) electrons. The molecule has 1 atom stereocenters. The molecule has 4 rings (SSSR count). The van der Waals surface area contributed by atoms with Crippen molar-refractivity contribution in [2.75, 3.05) is 26.0 Å². The molecule has 4 aromatic rings. The van der Waals surface area contributed by atoms with Gasteiger partial charge in [-0.25, -0.2) is 0 Å². The molecular formula is C21H22N6O. The van der Waals surface area contributed by atoms with Crippen LogP contribution in [0, 0.1) is 0 Å². The number of benzene rings is 2. The maximum atomic E-state index is 12.7. The number of fused-ring (bicyclic) bond motifs is 1. The molecule has 28 heavy (non-hydrogen) atoms. The monoisotopic (exact) mass is 374 g/mol. The van der Waals surface area contributed by atoms with Gasteiger partial charge < -0.3 is 10.2 Å². The molecule has 0 aliphatic heterocycles. The van der Waals surface area contributed by atoms with E-state index in [1.807, 2.05) is 67.4 Å². The zero-order valence-electron chi connectivity index (χ0n) is 15.8. The molecule has 7 heteroatoms. The molecule has 2 N–H and O–H groups in total. The molecule has 0 aliphatic rings. The molecule has 1 unspecified atom stereocenters. The van der Waals surface area contributed by atoms with E-state index in [9.17, 15) is 4.79 Å². The first-order valence-corrected chi connectivity index (χ1v) is 9.10. The van der Waals surface area contributed by atoms with Crippen molar-refractivity contribution in [2.24, 2.45) is 0 Å². The van der Waals surface area contributed by atoms with Gasteiger partial charge in [0.15, 0.2) is 5.69 Å². The maximum Gasteiger partial charge on any atom is 0.276 e. The van der Waals surface area contributed by atoms with Crippen molar-refractivity contribution in [3.8, 4) is 0 Å². The van der Waals surface area contributed by atoms with E-state index >= 15 is 0 Å². The number of nitrogens with zero attached hydrogens (tertiary/aromatic N) is 4. The number of aromatic amines is 1. The first-order valence-electron chi connectivity index (χ1n) is 9.10. The Morgan fingerprint density at radius 3 is 2.68 bits per heavy atom. The topological polar surface area (TPSA) is 78.8 Å². The van der Waals surface area contributed by atoms with Crippen molar-refractivity contribution in [1.29, 1.82) is 0 Å². The largest absolute Gasteiger partial charge is 0.318 e. The average molecular weight is 374 g/mol. The number of aromatic nitrogens is 4. The van der Waals surface area contributed by atoms with E-state index < -0.39 is 0 Å². The van der Waals surface area contributed by atoms with E-state index in [0.29, 0.717) is 11.4 Å². The summed E-state index contributed by atoms with van der Waals surface area (Å²) in [5.74, 6) is -0.263. The minimum atomic E-state index is -0.263. The number of carbonyl (C=O) groups excluding carboxylic acids is 1. The highest BCUT2D eigenvalue weighted by atomic mass is 16.2. The molecule has 0 spiro atoms. The second kappa shape index (κ2) is 7.66. The van der Waals surface area contributed by atoms with Crippen LogP contribution in [0.1, 0.15) is 22.1 Å². The lowest BCUT2D eigenvalue weighted by Crippen LogP contribution is -2.25. The van der Waals surface area contributed by atoms with Crippen LogP contribution < -0.4 is 5.32 Å². The van der Waals surface area contributed by atoms with Crippen molar-refractivity contribution in [1.82, 2.24) is 24.9 Å². The molecule has 0 fully saturated rings. The highest BCUT2D eigenvalue weighted by Crippen LogP contribution is 2.21. The van der Waals surface area contributed by atoms with Crippen LogP contribution in [0.15, 0.2) is 67.0 Å². The minimum absolute atomic E-state index is 0.0491. The maximum absolute atomic E-state index is 12.7. The Labute approximate surface area is 163 Å². The predicted molar refractivity (Wildman–Crippen MR) is 109 cm³/mol. The van der Waals surface area contributed by atoms with Crippen LogP contribution in [0.4, 0.5) is 5.69 Å². The number of H-pyrrole nitrogens is 1. The van der Waals surface area contributed by atoms with Crippen molar-refractivity contribution in [2.45, 2.75) is 6.04 Å². The second-order valence-electron chi connectivity index (χ2n) is 6.97. The summed E-state index contributed by atoms with van der Waals surface area (Å²) >= 11 is 0. The molecule has 1 amide bonds. The number of likely N-dealkylation sites (N-methyl/N-ethyl adjacent to an activating group) is 1. The normalized spacial score (nSPS) is 12.4. The van der Waals surface area contributed by atoms with Crippen molar-refractivity contribution >= 4 is 22.5 Å². The number of nitrogens with one attached hydrogen (secondary N) is 2. The standard InChI is InChI=1S/C21H22N6O/c1-26(2)14-19(15-8-4-3-5-9-15)27-13-16(12-22-27)23-21(28)20-17-10-6-7-11-18(17)24-25-20/h3-13,19H,14H2,1-2H3,(H,23,28)(H,24,25). The van der Waals surface area contributed by atoms with Gasteiger partial charge in [0.25, 0.3) is 5.91 Å². The molecule has 0 bridgehead atoms. The average Bonchev–Trinajstić information content (AvgIpc) is 3.33. The zero-order valence-corrected chi connectivity index (χ0v) is 15.8. The lowest BCUT2D eigenvalue weighted by Gasteiger charge is -2.22. The molecule has 7 nitrogen and oxygen atoms in total. The summed E-state index contributed by atoms with van der Waals surface area (Å²) in [4.78, 5) is 14.8. The summed E-state index contributed by atoms with van der Waals surface area (Å²) < 4.78 is 1.88. The van der Waals surface area contributed by atoms with Gasteiger partial charge in [0.05, 0.1) is 23.4 Å². The summed E-state index contributed by atoms with van der Waals surface area (Å²) in [5.41, 5.74) is 3.00. The van der Waals surface area contributed by atoms with Gasteiger partial charge in [-0.1, -0.05) is 48.5 Å². The summed E-state index contributed by atoms with van der Waals surface area (Å²) in [5, 5.41) is 15.2. The van der Waals surface area contributed by atoms with Gasteiger partial charge in [0.1, 0.15) is 0 Å². The van der Waals surface area contributed by atoms with Gasteiger partial charge >= 0.3 is 0 Å². The first-order chi connectivity index (χ1) is 13.6. The number of anilines is 1. The number of amides is 1. The highest BCUT2D eigenvalue weighted by Gasteiger charge is 2.18. The van der Waals surface area contributed by atoms with Crippen molar-refractivity contribution in [3.63, 3.8) is 0 Å². The van der Waals surface area contributed by atoms with Crippen LogP contribution in [-0.2, 0) is 0 Å². The predicted octanol–water partition coefficient (Wildman–Crippen LogP) is 3.16. The van der Waals surface area contributed by atoms with Crippen LogP contribution in [0.25, 0.3) is 10.9 Å². The number of para-hydroxylation sites is 1. The summed E-state index contributed by atoms with van der Waals surface area (Å²) in [6.45, 7) is 0.795. The second-order valence-corrected chi connectivity index (χ2v) is 6.97. The summed E-state index contributed by atoms with van der Waals surface area (Å²) in [7, 11) is 4.07. The van der Waals surface area contributed by atoms with E-state index in [-0.39, 0.29) is 11.9 Å². The smallest absolute Gasteiger partial charge is 0.276 e. The lowest BCUT2D eigenvalue weighted by atomic mass is 10.1. The Balaban J connectivity index is 1.57. The van der Waals surface area contributed by atoms with E-state index in [4.69, 9.17) is 0 Å². The van der Waals surface area contributed by atoms with Crippen LogP contribution in [-0.4, -0.2) is 51.4 Å². The Kier molecular flexibility index (Phi) is 4.90. The fourth-order valence-corrected chi connectivity index (χ4v) is 3.26. The van der Waals surface area contributed by atoms with E-state index in [0.717, 1.165) is 23.0 Å². The SMILES string of the molecule is CN(C)CC(c1ccccc1)n1cc(NC(=O)c2n[nH]c3ccccc23)cn1. The molecule has 0 saturated heterocycles. The first kappa shape index (κ1) is 17.9. The van der Waals surface area contributed by atoms with Gasteiger partial charge in [0, 0.05) is 18.1 Å². The minimum Gasteiger partial charge on any atom is -0.318 e. The summed E-state index contributed by atoms with van der Waals surface area (Å²) in [6, 6.07) is 17.8. The molecule has 0 aliphatic carbocycles. The van der Waals surface area contributed by atoms with Crippen LogP contribution in [0.3, 0.4) is 0 Å². The Morgan fingerprint density at radius 2 is 1.89 bits per heavy atom. The van der Waals surface area contributed by atoms with Gasteiger partial charge in [0.2, 0.25) is 0 Å². The van der Waals surface area contributed by atoms with Gasteiger partial charge in [-0.15, -0.1) is 0 Å². The van der Waals surface area contributed by atoms with E-state index in [1.165, 1.54) is 0 Å². The van der Waals surface area contributed by atoms with Gasteiger partial charge in [-0.05, 0) is 25.7 Å². The van der Waals surface area contributed by atoms with Crippen LogP contribution >= 0.6 is 0 Å². The van der Waals surface area contributed by atoms with Crippen molar-refractivity contribution < 1.29 is 4.79 Å². The Hall–Kier alpha value is -3.45. The molecule has 2 aromatic heterocycles. The third-order valence-electron chi connectivity index (χ3n) is 4.59. The highest BCUT2D eigenvalue weighted by molar-refractivity contribution is 6.10. The number of rotatable bonds is 6. The van der Waals surface area contributed by atoms with Crippen LogP contribution in [0.5, 0.6) is 0 Å². The van der Waals surface area contributed by atoms with Crippen molar-refractivity contribution in [3.05, 3.63) is 78.2 Å². The molecule has 0 saturated carbocycles. The summed E-state index contributed by atoms with van der Waals surface area (Å²) in [6.07, 6.45) is 3.52. The van der Waals surface area contributed by atoms with Crippen LogP contribution in [0.2, 0.25) is 0 Å². The van der Waals surface area contributed by atoms with Gasteiger partial charge in [-0.2, -0.15) is 10.2 Å². The van der Waals surface area contributed by atoms with E-state index in [2.05, 4.69) is 37.6 Å². The quantitative estimate of drug-likeness (QED) is 0.543.